The van der Waals surface area contributed by atoms with Gasteiger partial charge in [-0.15, -0.1) is 0 Å². The number of rotatable bonds is 6. The van der Waals surface area contributed by atoms with Gasteiger partial charge in [0.1, 0.15) is 5.82 Å². The second-order valence-corrected chi connectivity index (χ2v) is 6.71. The van der Waals surface area contributed by atoms with Crippen molar-refractivity contribution >= 4 is 6.03 Å². The number of amides is 2. The van der Waals surface area contributed by atoms with Crippen LogP contribution in [0.2, 0.25) is 0 Å². The number of halogens is 6. The van der Waals surface area contributed by atoms with E-state index in [9.17, 15) is 36.2 Å². The zero-order chi connectivity index (χ0) is 22.7. The Morgan fingerprint density at radius 1 is 1.23 bits per heavy atom. The minimum atomic E-state index is -5.05. The number of imidazole rings is 1. The van der Waals surface area contributed by atoms with E-state index in [0.29, 0.717) is 0 Å². The van der Waals surface area contributed by atoms with Crippen molar-refractivity contribution in [2.45, 2.75) is 37.3 Å². The summed E-state index contributed by atoms with van der Waals surface area (Å²) in [5.41, 5.74) is -4.01. The average molecular weight is 438 g/mol. The summed E-state index contributed by atoms with van der Waals surface area (Å²) >= 11 is 0. The molecule has 166 valence electrons. The molecule has 2 atom stereocenters. The number of nitrogens with zero attached hydrogens (tertiary/aromatic N) is 2. The Hall–Kier alpha value is -2.76. The molecule has 1 heterocycles. The van der Waals surface area contributed by atoms with Crippen molar-refractivity contribution in [1.82, 2.24) is 20.2 Å². The first kappa shape index (κ1) is 23.5. The zero-order valence-electron chi connectivity index (χ0n) is 16.0. The number of alkyl halides is 6. The lowest BCUT2D eigenvalue weighted by Crippen LogP contribution is -2.47. The predicted molar refractivity (Wildman–Crippen MR) is 94.2 cm³/mol. The van der Waals surface area contributed by atoms with Crippen LogP contribution >= 0.6 is 0 Å². The first-order valence-corrected chi connectivity index (χ1v) is 8.74. The maximum Gasteiger partial charge on any atom is 0.424 e. The molecule has 3 N–H and O–H groups in total. The van der Waals surface area contributed by atoms with E-state index in [4.69, 9.17) is 0 Å². The maximum absolute atomic E-state index is 13.4. The maximum atomic E-state index is 13.4. The molecule has 2 aromatic rings. The second-order valence-electron chi connectivity index (χ2n) is 6.71. The molecular formula is C18H20F6N4O2. The van der Waals surface area contributed by atoms with Crippen molar-refractivity contribution < 1.29 is 36.2 Å². The number of benzene rings is 1. The van der Waals surface area contributed by atoms with Crippen molar-refractivity contribution in [3.8, 4) is 0 Å². The molecule has 0 saturated carbocycles. The summed E-state index contributed by atoms with van der Waals surface area (Å²) in [6.07, 6.45) is -8.17. The molecule has 2 rings (SSSR count). The summed E-state index contributed by atoms with van der Waals surface area (Å²) in [5.74, 6) is -0.630. The fourth-order valence-corrected chi connectivity index (χ4v) is 2.82. The molecule has 0 aliphatic heterocycles. The third-order valence-corrected chi connectivity index (χ3v) is 4.49. The van der Waals surface area contributed by atoms with Crippen molar-refractivity contribution in [1.29, 1.82) is 0 Å². The van der Waals surface area contributed by atoms with Crippen LogP contribution in [-0.2, 0) is 18.8 Å². The SMILES string of the molecule is CC(NC(=O)NCCC(O)(c1nccn1C)C(F)(F)F)c1cccc(C(F)(F)F)c1. The standard InChI is InChI=1S/C18H20F6N4O2/c1-11(12-4-3-5-13(10-12)17(19,20)21)27-15(29)26-7-6-16(30,18(22,23)24)14-25-8-9-28(14)2/h3-5,8-11,30H,6-7H2,1-2H3,(H2,26,27,29). The van der Waals surface area contributed by atoms with Gasteiger partial charge in [-0.2, -0.15) is 26.3 Å². The molecule has 0 saturated heterocycles. The highest BCUT2D eigenvalue weighted by Gasteiger charge is 2.57. The number of hydrogen-bond donors (Lipinski definition) is 3. The van der Waals surface area contributed by atoms with Crippen molar-refractivity contribution in [3.05, 3.63) is 53.6 Å². The minimum Gasteiger partial charge on any atom is -0.374 e. The smallest absolute Gasteiger partial charge is 0.374 e. The summed E-state index contributed by atoms with van der Waals surface area (Å²) in [4.78, 5) is 15.5. The summed E-state index contributed by atoms with van der Waals surface area (Å²) in [6, 6.07) is 2.57. The van der Waals surface area contributed by atoms with Crippen LogP contribution < -0.4 is 10.6 Å². The molecular weight excluding hydrogens is 418 g/mol. The number of aromatic nitrogens is 2. The normalized spacial score (nSPS) is 15.4. The van der Waals surface area contributed by atoms with Gasteiger partial charge in [-0.25, -0.2) is 9.78 Å². The Morgan fingerprint density at radius 2 is 1.90 bits per heavy atom. The van der Waals surface area contributed by atoms with Crippen LogP contribution in [0.25, 0.3) is 0 Å². The van der Waals surface area contributed by atoms with E-state index in [1.54, 1.807) is 0 Å². The van der Waals surface area contributed by atoms with Gasteiger partial charge in [0.15, 0.2) is 0 Å². The predicted octanol–water partition coefficient (Wildman–Crippen LogP) is 3.64. The lowest BCUT2D eigenvalue weighted by Gasteiger charge is -2.30. The Kier molecular flexibility index (Phi) is 6.70. The topological polar surface area (TPSA) is 79.2 Å². The molecule has 0 fully saturated rings. The van der Waals surface area contributed by atoms with Crippen LogP contribution in [0.3, 0.4) is 0 Å². The van der Waals surface area contributed by atoms with Crippen LogP contribution in [0.4, 0.5) is 31.1 Å². The molecule has 6 nitrogen and oxygen atoms in total. The van der Waals surface area contributed by atoms with E-state index in [1.807, 2.05) is 0 Å². The van der Waals surface area contributed by atoms with E-state index in [0.717, 1.165) is 22.9 Å². The Labute approximate surface area is 167 Å². The number of aliphatic hydroxyl groups is 1. The molecule has 2 amide bonds. The second kappa shape index (κ2) is 8.54. The van der Waals surface area contributed by atoms with Gasteiger partial charge >= 0.3 is 18.4 Å². The van der Waals surface area contributed by atoms with Crippen molar-refractivity contribution in [2.24, 2.45) is 7.05 Å². The molecule has 30 heavy (non-hydrogen) atoms. The van der Waals surface area contributed by atoms with Gasteiger partial charge in [-0.3, -0.25) is 0 Å². The Balaban J connectivity index is 1.99. The monoisotopic (exact) mass is 438 g/mol. The van der Waals surface area contributed by atoms with Crippen LogP contribution in [0.1, 0.15) is 36.3 Å². The third kappa shape index (κ3) is 5.23. The molecule has 12 heteroatoms. The Bertz CT molecular complexity index is 880. The molecule has 0 aliphatic rings. The fourth-order valence-electron chi connectivity index (χ4n) is 2.82. The van der Waals surface area contributed by atoms with Gasteiger partial charge < -0.3 is 20.3 Å². The number of aryl methyl sites for hydroxylation is 1. The molecule has 0 aliphatic carbocycles. The minimum absolute atomic E-state index is 0.166. The number of carbonyl (C=O) groups is 1. The highest BCUT2D eigenvalue weighted by Crippen LogP contribution is 2.40. The quantitative estimate of drug-likeness (QED) is 0.603. The molecule has 0 bridgehead atoms. The summed E-state index contributed by atoms with van der Waals surface area (Å²) in [5, 5.41) is 14.7. The number of urea groups is 1. The summed E-state index contributed by atoms with van der Waals surface area (Å²) < 4.78 is 79.6. The van der Waals surface area contributed by atoms with E-state index in [-0.39, 0.29) is 5.56 Å². The zero-order valence-corrected chi connectivity index (χ0v) is 16.0. The largest absolute Gasteiger partial charge is 0.424 e. The summed E-state index contributed by atoms with van der Waals surface area (Å²) in [7, 11) is 1.29. The first-order chi connectivity index (χ1) is 13.8. The van der Waals surface area contributed by atoms with Crippen LogP contribution in [0.15, 0.2) is 36.7 Å². The summed E-state index contributed by atoms with van der Waals surface area (Å²) in [6.45, 7) is 0.860. The Morgan fingerprint density at radius 3 is 2.43 bits per heavy atom. The van der Waals surface area contributed by atoms with Crippen LogP contribution in [0.5, 0.6) is 0 Å². The lowest BCUT2D eigenvalue weighted by molar-refractivity contribution is -0.272. The molecule has 2 unspecified atom stereocenters. The van der Waals surface area contributed by atoms with Gasteiger partial charge in [0.25, 0.3) is 0 Å². The van der Waals surface area contributed by atoms with Gasteiger partial charge in [-0.1, -0.05) is 12.1 Å². The molecule has 0 spiro atoms. The average Bonchev–Trinajstić information content (AvgIpc) is 3.06. The fraction of sp³-hybridized carbons (Fsp3) is 0.444. The van der Waals surface area contributed by atoms with E-state index in [2.05, 4.69) is 15.6 Å². The number of carbonyl (C=O) groups excluding carboxylic acids is 1. The number of hydrogen-bond acceptors (Lipinski definition) is 3. The highest BCUT2D eigenvalue weighted by atomic mass is 19.4. The van der Waals surface area contributed by atoms with E-state index >= 15 is 0 Å². The van der Waals surface area contributed by atoms with Crippen LogP contribution in [0, 0.1) is 0 Å². The third-order valence-electron chi connectivity index (χ3n) is 4.49. The van der Waals surface area contributed by atoms with Gasteiger partial charge in [0.2, 0.25) is 5.60 Å². The van der Waals surface area contributed by atoms with Crippen LogP contribution in [-0.4, -0.2) is 33.4 Å². The first-order valence-electron chi connectivity index (χ1n) is 8.74. The molecule has 0 radical (unpaired) electrons. The number of nitrogens with one attached hydrogen (secondary N) is 2. The molecule has 1 aromatic carbocycles. The molecule has 1 aromatic heterocycles. The van der Waals surface area contributed by atoms with Gasteiger partial charge in [0, 0.05) is 32.4 Å². The van der Waals surface area contributed by atoms with Crippen molar-refractivity contribution in [3.63, 3.8) is 0 Å². The van der Waals surface area contributed by atoms with E-state index < -0.39 is 54.4 Å². The van der Waals surface area contributed by atoms with Crippen molar-refractivity contribution in [2.75, 3.05) is 6.54 Å². The van der Waals surface area contributed by atoms with Gasteiger partial charge in [-0.05, 0) is 24.6 Å². The van der Waals surface area contributed by atoms with Gasteiger partial charge in [0.05, 0.1) is 11.6 Å². The highest BCUT2D eigenvalue weighted by molar-refractivity contribution is 5.74. The lowest BCUT2D eigenvalue weighted by atomic mass is 9.97. The van der Waals surface area contributed by atoms with E-state index in [1.165, 1.54) is 32.3 Å².